The molecule has 5 nitrogen and oxygen atoms in total. The maximum Gasteiger partial charge on any atom is 0.225 e. The van der Waals surface area contributed by atoms with Gasteiger partial charge in [-0.1, -0.05) is 32.1 Å². The predicted molar refractivity (Wildman–Crippen MR) is 143 cm³/mol. The van der Waals surface area contributed by atoms with Gasteiger partial charge < -0.3 is 15.5 Å². The van der Waals surface area contributed by atoms with Gasteiger partial charge in [0.1, 0.15) is 5.83 Å². The number of anilines is 1. The van der Waals surface area contributed by atoms with Crippen LogP contribution in [0.4, 0.5) is 10.1 Å². The Bertz CT molecular complexity index is 1080. The SMILES string of the molecule is CCN(C)/C=C1/N=CC(N[C@@H](C)c2cc(NC(=O)CC3(C)C=CC(F)=CC3)ccc2C)=CC1C.[HH].[HH]. The lowest BCUT2D eigenvalue weighted by atomic mass is 9.80. The predicted octanol–water partition coefficient (Wildman–Crippen LogP) is 6.68. The van der Waals surface area contributed by atoms with E-state index < -0.39 is 0 Å². The number of carbonyl (C=O) groups is 1. The zero-order chi connectivity index (χ0) is 24.9. The highest BCUT2D eigenvalue weighted by Gasteiger charge is 2.26. The molecular weight excluding hydrogens is 427 g/mol. The molecule has 1 aliphatic heterocycles. The van der Waals surface area contributed by atoms with Gasteiger partial charge in [-0.25, -0.2) is 4.39 Å². The van der Waals surface area contributed by atoms with Gasteiger partial charge in [0, 0.05) is 52.4 Å². The summed E-state index contributed by atoms with van der Waals surface area (Å²) in [6.45, 7) is 11.4. The van der Waals surface area contributed by atoms with Crippen molar-refractivity contribution in [1.29, 1.82) is 0 Å². The average Bonchev–Trinajstić information content (AvgIpc) is 2.78. The van der Waals surface area contributed by atoms with Crippen LogP contribution in [-0.2, 0) is 4.79 Å². The molecule has 2 aliphatic rings. The van der Waals surface area contributed by atoms with Gasteiger partial charge in [0.25, 0.3) is 0 Å². The Morgan fingerprint density at radius 2 is 2.21 bits per heavy atom. The second-order valence-electron chi connectivity index (χ2n) is 9.74. The zero-order valence-electron chi connectivity index (χ0n) is 21.2. The lowest BCUT2D eigenvalue weighted by Crippen LogP contribution is -2.25. The Balaban J connectivity index is 0.00000324. The molecule has 1 aromatic rings. The molecule has 2 N–H and O–H groups in total. The number of aliphatic imine (C=N–C) groups is 1. The van der Waals surface area contributed by atoms with Crippen molar-refractivity contribution in [1.82, 2.24) is 10.2 Å². The third-order valence-electron chi connectivity index (χ3n) is 6.49. The summed E-state index contributed by atoms with van der Waals surface area (Å²) < 4.78 is 13.3. The average molecular weight is 469 g/mol. The van der Waals surface area contributed by atoms with Crippen molar-refractivity contribution in [2.45, 2.75) is 53.5 Å². The minimum Gasteiger partial charge on any atom is -0.379 e. The molecule has 0 saturated heterocycles. The van der Waals surface area contributed by atoms with Crippen molar-refractivity contribution in [3.05, 3.63) is 77.1 Å². The molecule has 3 rings (SSSR count). The first kappa shape index (κ1) is 25.5. The van der Waals surface area contributed by atoms with Crippen LogP contribution in [0.1, 0.15) is 60.6 Å². The highest BCUT2D eigenvalue weighted by Crippen LogP contribution is 2.34. The molecule has 6 heteroatoms. The van der Waals surface area contributed by atoms with Gasteiger partial charge in [-0.05, 0) is 68.0 Å². The fraction of sp³-hybridized carbons (Fsp3) is 0.429. The monoisotopic (exact) mass is 468 g/mol. The van der Waals surface area contributed by atoms with Gasteiger partial charge in [-0.2, -0.15) is 0 Å². The van der Waals surface area contributed by atoms with Crippen LogP contribution in [0.15, 0.2) is 70.9 Å². The fourth-order valence-corrected chi connectivity index (χ4v) is 4.18. The van der Waals surface area contributed by atoms with Gasteiger partial charge in [0.15, 0.2) is 0 Å². The molecule has 2 unspecified atom stereocenters. The summed E-state index contributed by atoms with van der Waals surface area (Å²) in [6.07, 6.45) is 11.7. The Kier molecular flexibility index (Phi) is 8.13. The zero-order valence-corrected chi connectivity index (χ0v) is 21.2. The summed E-state index contributed by atoms with van der Waals surface area (Å²) in [6, 6.07) is 6.01. The third kappa shape index (κ3) is 6.69. The van der Waals surface area contributed by atoms with E-state index in [1.807, 2.05) is 38.4 Å². The smallest absolute Gasteiger partial charge is 0.225 e. The maximum atomic E-state index is 13.3. The fourth-order valence-electron chi connectivity index (χ4n) is 4.18. The number of aryl methyl sites for hydroxylation is 1. The first-order valence-electron chi connectivity index (χ1n) is 12.0. The van der Waals surface area contributed by atoms with E-state index in [1.165, 1.54) is 12.2 Å². The number of hydrogen-bond acceptors (Lipinski definition) is 4. The first-order chi connectivity index (χ1) is 16.1. The van der Waals surface area contributed by atoms with Gasteiger partial charge in [0.05, 0.1) is 11.9 Å². The minimum absolute atomic E-state index is 0. The molecule has 3 atom stereocenters. The van der Waals surface area contributed by atoms with Crippen LogP contribution in [-0.4, -0.2) is 30.6 Å². The van der Waals surface area contributed by atoms with E-state index in [0.29, 0.717) is 12.8 Å². The number of rotatable bonds is 8. The molecule has 1 aliphatic carbocycles. The summed E-state index contributed by atoms with van der Waals surface area (Å²) in [7, 11) is 2.05. The van der Waals surface area contributed by atoms with Crippen LogP contribution in [0.3, 0.4) is 0 Å². The minimum atomic E-state index is -0.370. The Morgan fingerprint density at radius 1 is 1.44 bits per heavy atom. The van der Waals surface area contributed by atoms with Crippen LogP contribution in [0.25, 0.3) is 0 Å². The molecule has 1 amide bonds. The second kappa shape index (κ2) is 10.9. The van der Waals surface area contributed by atoms with Crippen molar-refractivity contribution >= 4 is 17.8 Å². The highest BCUT2D eigenvalue weighted by molar-refractivity contribution is 5.91. The van der Waals surface area contributed by atoms with Crippen LogP contribution in [0.2, 0.25) is 0 Å². The third-order valence-corrected chi connectivity index (χ3v) is 6.49. The summed E-state index contributed by atoms with van der Waals surface area (Å²) in [5, 5.41) is 6.58. The van der Waals surface area contributed by atoms with Crippen LogP contribution < -0.4 is 10.6 Å². The van der Waals surface area contributed by atoms with E-state index in [-0.39, 0.29) is 32.0 Å². The van der Waals surface area contributed by atoms with E-state index in [4.69, 9.17) is 0 Å². The quantitative estimate of drug-likeness (QED) is 0.447. The Labute approximate surface area is 206 Å². The van der Waals surface area contributed by atoms with E-state index in [0.717, 1.165) is 34.8 Å². The van der Waals surface area contributed by atoms with Crippen molar-refractivity contribution < 1.29 is 12.0 Å². The van der Waals surface area contributed by atoms with Gasteiger partial charge in [-0.15, -0.1) is 0 Å². The number of carbonyl (C=O) groups excluding carboxylic acids is 1. The molecule has 0 spiro atoms. The highest BCUT2D eigenvalue weighted by atomic mass is 19.1. The number of nitrogens with one attached hydrogen (secondary N) is 2. The Morgan fingerprint density at radius 3 is 2.85 bits per heavy atom. The molecule has 1 heterocycles. The van der Waals surface area contributed by atoms with Crippen molar-refractivity contribution in [2.24, 2.45) is 16.3 Å². The number of halogens is 1. The number of allylic oxidation sites excluding steroid dienone is 6. The van der Waals surface area contributed by atoms with Gasteiger partial charge in [-0.3, -0.25) is 9.79 Å². The largest absolute Gasteiger partial charge is 0.379 e. The molecule has 34 heavy (non-hydrogen) atoms. The number of nitrogens with zero attached hydrogens (tertiary/aromatic N) is 2. The molecule has 0 aromatic heterocycles. The number of hydrogen-bond donors (Lipinski definition) is 2. The molecule has 186 valence electrons. The second-order valence-corrected chi connectivity index (χ2v) is 9.74. The topological polar surface area (TPSA) is 56.7 Å². The van der Waals surface area contributed by atoms with E-state index in [9.17, 15) is 9.18 Å². The molecule has 1 aromatic carbocycles. The normalized spacial score (nSPS) is 23.9. The summed E-state index contributed by atoms with van der Waals surface area (Å²) in [4.78, 5) is 19.5. The standard InChI is InChI=1S/C28H37FN4O.2H2/c1-7-33(6)18-26-20(3)14-24(17-30-26)31-21(4)25-15-23(9-8-19(25)2)32-27(34)16-28(5)12-10-22(29)11-13-28;;/h8-12,14-15,17-18,20-21,31H,7,13,16H2,1-6H3,(H,32,34);2*1H/b26-18+;;/t20?,21-,28?;;/m0../s1. The summed E-state index contributed by atoms with van der Waals surface area (Å²) >= 11 is 0. The van der Waals surface area contributed by atoms with Crippen LogP contribution in [0, 0.1) is 18.3 Å². The van der Waals surface area contributed by atoms with E-state index in [2.05, 4.69) is 60.5 Å². The molecule has 0 radical (unpaired) electrons. The summed E-state index contributed by atoms with van der Waals surface area (Å²) in [5.41, 5.74) is 4.68. The number of amides is 1. The van der Waals surface area contributed by atoms with Crippen molar-refractivity contribution in [3.8, 4) is 0 Å². The molecule has 0 bridgehead atoms. The number of benzene rings is 1. The van der Waals surface area contributed by atoms with Gasteiger partial charge >= 0.3 is 0 Å². The molecular formula is C28H41FN4O. The van der Waals surface area contributed by atoms with Crippen LogP contribution >= 0.6 is 0 Å². The lowest BCUT2D eigenvalue weighted by molar-refractivity contribution is -0.117. The Hall–Kier alpha value is -3.15. The molecule has 0 saturated carbocycles. The van der Waals surface area contributed by atoms with E-state index in [1.54, 1.807) is 6.08 Å². The van der Waals surface area contributed by atoms with Crippen LogP contribution in [0.5, 0.6) is 0 Å². The number of dihydropyridines is 1. The van der Waals surface area contributed by atoms with Gasteiger partial charge in [0.2, 0.25) is 5.91 Å². The maximum absolute atomic E-state index is 13.3. The first-order valence-corrected chi connectivity index (χ1v) is 12.0. The van der Waals surface area contributed by atoms with Crippen molar-refractivity contribution in [2.75, 3.05) is 18.9 Å². The lowest BCUT2D eigenvalue weighted by Gasteiger charge is -2.26. The van der Waals surface area contributed by atoms with Crippen molar-refractivity contribution in [3.63, 3.8) is 0 Å². The molecule has 0 fully saturated rings. The summed E-state index contributed by atoms with van der Waals surface area (Å²) in [5.74, 6) is -0.0971. The van der Waals surface area contributed by atoms with E-state index >= 15 is 0 Å².